The van der Waals surface area contributed by atoms with Gasteiger partial charge in [0.05, 0.1) is 19.3 Å². The smallest absolute Gasteiger partial charge is 0.201 e. The van der Waals surface area contributed by atoms with Gasteiger partial charge in [0.1, 0.15) is 0 Å². The zero-order valence-electron chi connectivity index (χ0n) is 19.2. The SMILES string of the molecule is CCOc1ccc(-c2ccc(C3=CCC(OCc4ccc(O)c(F)c4F)CC3)c(F)c2F)c(F)c1F. The molecular weight excluding hydrogens is 486 g/mol. The Morgan fingerprint density at radius 1 is 0.778 bits per heavy atom. The van der Waals surface area contributed by atoms with Crippen molar-refractivity contribution in [2.75, 3.05) is 6.61 Å². The summed E-state index contributed by atoms with van der Waals surface area (Å²) in [4.78, 5) is 0. The third-order valence-electron chi connectivity index (χ3n) is 6.04. The van der Waals surface area contributed by atoms with Crippen LogP contribution in [0.2, 0.25) is 0 Å². The first-order valence-corrected chi connectivity index (χ1v) is 11.3. The average Bonchev–Trinajstić information content (AvgIpc) is 2.88. The minimum Gasteiger partial charge on any atom is -0.505 e. The summed E-state index contributed by atoms with van der Waals surface area (Å²) in [5.41, 5.74) is -0.396. The van der Waals surface area contributed by atoms with Gasteiger partial charge in [-0.1, -0.05) is 18.2 Å². The molecular formula is C27H22F6O3. The van der Waals surface area contributed by atoms with E-state index in [-0.39, 0.29) is 36.2 Å². The van der Waals surface area contributed by atoms with Crippen molar-refractivity contribution in [2.24, 2.45) is 0 Å². The molecule has 0 bridgehead atoms. The van der Waals surface area contributed by atoms with Crippen molar-refractivity contribution < 1.29 is 40.9 Å². The van der Waals surface area contributed by atoms with E-state index >= 15 is 0 Å². The fourth-order valence-corrected chi connectivity index (χ4v) is 4.12. The molecule has 0 saturated carbocycles. The second kappa shape index (κ2) is 10.7. The van der Waals surface area contributed by atoms with Crippen molar-refractivity contribution in [2.45, 2.75) is 38.9 Å². The number of ether oxygens (including phenoxy) is 2. The highest BCUT2D eigenvalue weighted by Crippen LogP contribution is 2.36. The van der Waals surface area contributed by atoms with E-state index in [1.807, 2.05) is 0 Å². The van der Waals surface area contributed by atoms with Gasteiger partial charge in [0, 0.05) is 22.3 Å². The maximum Gasteiger partial charge on any atom is 0.201 e. The van der Waals surface area contributed by atoms with Crippen molar-refractivity contribution in [1.29, 1.82) is 0 Å². The molecule has 3 aromatic carbocycles. The molecule has 0 spiro atoms. The van der Waals surface area contributed by atoms with E-state index in [1.54, 1.807) is 13.0 Å². The third-order valence-corrected chi connectivity index (χ3v) is 6.04. The van der Waals surface area contributed by atoms with Gasteiger partial charge in [0.15, 0.2) is 34.8 Å². The predicted octanol–water partition coefficient (Wildman–Crippen LogP) is 7.45. The minimum absolute atomic E-state index is 0.00633. The van der Waals surface area contributed by atoms with Crippen LogP contribution in [0.15, 0.2) is 42.5 Å². The highest BCUT2D eigenvalue weighted by molar-refractivity contribution is 5.72. The minimum atomic E-state index is -1.35. The molecule has 9 heteroatoms. The molecule has 1 unspecified atom stereocenters. The molecule has 4 rings (SSSR count). The fourth-order valence-electron chi connectivity index (χ4n) is 4.12. The lowest BCUT2D eigenvalue weighted by Gasteiger charge is -2.23. The Labute approximate surface area is 203 Å². The number of rotatable bonds is 7. The van der Waals surface area contributed by atoms with Gasteiger partial charge in [0.2, 0.25) is 11.6 Å². The van der Waals surface area contributed by atoms with Crippen LogP contribution in [0.25, 0.3) is 16.7 Å². The molecule has 3 aromatic rings. The van der Waals surface area contributed by atoms with Crippen molar-refractivity contribution in [3.8, 4) is 22.6 Å². The first kappa shape index (κ1) is 25.6. The molecule has 0 fully saturated rings. The van der Waals surface area contributed by atoms with Gasteiger partial charge in [0.25, 0.3) is 0 Å². The largest absolute Gasteiger partial charge is 0.505 e. The number of hydrogen-bond acceptors (Lipinski definition) is 3. The standard InChI is InChI=1S/C27H22F6O3/c1-2-35-21-12-10-19(25(31)27(21)33)18-9-8-17(23(29)24(18)30)14-3-6-16(7-4-14)36-13-15-5-11-20(34)26(32)22(15)28/h3,5,8-12,16,34H,2,4,6-7,13H2,1H3. The van der Waals surface area contributed by atoms with Gasteiger partial charge in [-0.25, -0.2) is 17.6 Å². The molecule has 1 aliphatic carbocycles. The van der Waals surface area contributed by atoms with E-state index in [4.69, 9.17) is 9.47 Å². The Hall–Kier alpha value is -3.46. The molecule has 1 N–H and O–H groups in total. The summed E-state index contributed by atoms with van der Waals surface area (Å²) < 4.78 is 96.6. The van der Waals surface area contributed by atoms with Crippen LogP contribution in [0.3, 0.4) is 0 Å². The predicted molar refractivity (Wildman–Crippen MR) is 121 cm³/mol. The first-order chi connectivity index (χ1) is 17.2. The summed E-state index contributed by atoms with van der Waals surface area (Å²) in [5, 5.41) is 9.20. The molecule has 0 aromatic heterocycles. The van der Waals surface area contributed by atoms with E-state index in [1.165, 1.54) is 18.2 Å². The highest BCUT2D eigenvalue weighted by Gasteiger charge is 2.24. The molecule has 0 radical (unpaired) electrons. The maximum atomic E-state index is 15.0. The molecule has 0 amide bonds. The Bertz CT molecular complexity index is 1320. The molecule has 190 valence electrons. The Balaban J connectivity index is 1.49. The summed E-state index contributed by atoms with van der Waals surface area (Å²) in [6, 6.07) is 7.04. The van der Waals surface area contributed by atoms with Gasteiger partial charge >= 0.3 is 0 Å². The Morgan fingerprint density at radius 3 is 2.08 bits per heavy atom. The maximum absolute atomic E-state index is 15.0. The number of halogens is 6. The van der Waals surface area contributed by atoms with Gasteiger partial charge in [-0.3, -0.25) is 0 Å². The van der Waals surface area contributed by atoms with Crippen LogP contribution in [0, 0.1) is 34.9 Å². The summed E-state index contributed by atoms with van der Waals surface area (Å²) in [6.45, 7) is 1.49. The number of phenols is 1. The number of allylic oxidation sites excluding steroid dienone is 1. The summed E-state index contributed by atoms with van der Waals surface area (Å²) in [7, 11) is 0. The topological polar surface area (TPSA) is 38.7 Å². The highest BCUT2D eigenvalue weighted by atomic mass is 19.2. The van der Waals surface area contributed by atoms with Crippen LogP contribution < -0.4 is 4.74 Å². The van der Waals surface area contributed by atoms with Crippen LogP contribution in [0.1, 0.15) is 37.3 Å². The zero-order chi connectivity index (χ0) is 26.0. The molecule has 1 atom stereocenters. The lowest BCUT2D eigenvalue weighted by Crippen LogP contribution is -2.16. The van der Waals surface area contributed by atoms with Crippen LogP contribution in [-0.2, 0) is 11.3 Å². The second-order valence-corrected chi connectivity index (χ2v) is 8.27. The van der Waals surface area contributed by atoms with Crippen LogP contribution in [0.4, 0.5) is 26.3 Å². The van der Waals surface area contributed by atoms with Gasteiger partial charge in [-0.2, -0.15) is 8.78 Å². The van der Waals surface area contributed by atoms with Gasteiger partial charge in [-0.05, 0) is 56.0 Å². The van der Waals surface area contributed by atoms with Crippen LogP contribution in [0.5, 0.6) is 11.5 Å². The van der Waals surface area contributed by atoms with Crippen molar-refractivity contribution in [3.63, 3.8) is 0 Å². The van der Waals surface area contributed by atoms with Gasteiger partial charge < -0.3 is 14.6 Å². The Morgan fingerprint density at radius 2 is 1.42 bits per heavy atom. The summed E-state index contributed by atoms with van der Waals surface area (Å²) in [5.74, 6) is -8.77. The Kier molecular flexibility index (Phi) is 7.59. The van der Waals surface area contributed by atoms with E-state index < -0.39 is 51.8 Å². The molecule has 0 aliphatic heterocycles. The second-order valence-electron chi connectivity index (χ2n) is 8.27. The number of phenolic OH excluding ortho intramolecular Hbond substituents is 1. The monoisotopic (exact) mass is 508 g/mol. The van der Waals surface area contributed by atoms with Crippen LogP contribution >= 0.6 is 0 Å². The van der Waals surface area contributed by atoms with Crippen molar-refractivity contribution in [1.82, 2.24) is 0 Å². The number of benzene rings is 3. The average molecular weight is 508 g/mol. The van der Waals surface area contributed by atoms with E-state index in [9.17, 15) is 31.4 Å². The molecule has 36 heavy (non-hydrogen) atoms. The van der Waals surface area contributed by atoms with E-state index in [0.717, 1.165) is 18.2 Å². The summed E-state index contributed by atoms with van der Waals surface area (Å²) in [6.07, 6.45) is 2.35. The fraction of sp³-hybridized carbons (Fsp3) is 0.259. The third kappa shape index (κ3) is 4.93. The normalized spacial score (nSPS) is 15.6. The molecule has 0 saturated heterocycles. The first-order valence-electron chi connectivity index (χ1n) is 11.3. The van der Waals surface area contributed by atoms with E-state index in [2.05, 4.69) is 0 Å². The number of hydrogen-bond donors (Lipinski definition) is 1. The lowest BCUT2D eigenvalue weighted by atomic mass is 9.90. The lowest BCUT2D eigenvalue weighted by molar-refractivity contribution is 0.0341. The van der Waals surface area contributed by atoms with Crippen LogP contribution in [-0.4, -0.2) is 17.8 Å². The molecule has 3 nitrogen and oxygen atoms in total. The van der Waals surface area contributed by atoms with Crippen molar-refractivity contribution >= 4 is 5.57 Å². The van der Waals surface area contributed by atoms with Crippen molar-refractivity contribution in [3.05, 3.63) is 88.5 Å². The molecule has 0 heterocycles. The number of aromatic hydroxyl groups is 1. The quantitative estimate of drug-likeness (QED) is 0.337. The van der Waals surface area contributed by atoms with E-state index in [0.29, 0.717) is 24.8 Å². The van der Waals surface area contributed by atoms with Gasteiger partial charge in [-0.15, -0.1) is 0 Å². The summed E-state index contributed by atoms with van der Waals surface area (Å²) >= 11 is 0. The molecule has 1 aliphatic rings. The zero-order valence-corrected chi connectivity index (χ0v) is 19.2.